The third-order valence-electron chi connectivity index (χ3n) is 2.48. The Kier molecular flexibility index (Phi) is 3.02. The minimum atomic E-state index is -1.14. The van der Waals surface area contributed by atoms with Gasteiger partial charge in [0.1, 0.15) is 0 Å². The van der Waals surface area contributed by atoms with Crippen molar-refractivity contribution in [2.24, 2.45) is 0 Å². The van der Waals surface area contributed by atoms with Gasteiger partial charge in [-0.15, -0.1) is 6.42 Å². The van der Waals surface area contributed by atoms with Crippen LogP contribution in [0, 0.1) is 12.3 Å². The van der Waals surface area contributed by atoms with E-state index in [0.717, 1.165) is 0 Å². The topological polar surface area (TPSA) is 82.2 Å². The third kappa shape index (κ3) is 2.33. The maximum atomic E-state index is 11.8. The number of carboxylic acid groups (broad SMARTS) is 1. The standard InChI is InChI=1S/C13H10N2O3/c1-2-8-3-4-11-10(5-8)12(16)6-9(15-11)7-14-13(17)18/h1,3-6,14H,7H2,(H,15,16)(H,17,18). The van der Waals surface area contributed by atoms with Crippen LogP contribution in [0.25, 0.3) is 10.9 Å². The molecule has 0 unspecified atom stereocenters. The van der Waals surface area contributed by atoms with Crippen LogP contribution in [-0.4, -0.2) is 16.2 Å². The summed E-state index contributed by atoms with van der Waals surface area (Å²) in [7, 11) is 0. The summed E-state index contributed by atoms with van der Waals surface area (Å²) in [5, 5.41) is 11.2. The van der Waals surface area contributed by atoms with Crippen molar-refractivity contribution in [1.29, 1.82) is 0 Å². The zero-order chi connectivity index (χ0) is 13.1. The number of fused-ring (bicyclic) bond motifs is 1. The number of H-pyrrole nitrogens is 1. The van der Waals surface area contributed by atoms with E-state index in [9.17, 15) is 9.59 Å². The summed E-state index contributed by atoms with van der Waals surface area (Å²) in [6, 6.07) is 6.41. The van der Waals surface area contributed by atoms with Crippen molar-refractivity contribution in [3.63, 3.8) is 0 Å². The molecule has 1 aromatic heterocycles. The molecule has 2 rings (SSSR count). The number of hydrogen-bond acceptors (Lipinski definition) is 2. The highest BCUT2D eigenvalue weighted by atomic mass is 16.4. The summed E-state index contributed by atoms with van der Waals surface area (Å²) in [6.07, 6.45) is 4.12. The fourth-order valence-corrected chi connectivity index (χ4v) is 1.66. The number of rotatable bonds is 2. The average Bonchev–Trinajstić information content (AvgIpc) is 2.36. The maximum absolute atomic E-state index is 11.8. The lowest BCUT2D eigenvalue weighted by Crippen LogP contribution is -2.21. The van der Waals surface area contributed by atoms with E-state index in [4.69, 9.17) is 11.5 Å². The van der Waals surface area contributed by atoms with Gasteiger partial charge in [0.05, 0.1) is 6.54 Å². The predicted molar refractivity (Wildman–Crippen MR) is 67.4 cm³/mol. The van der Waals surface area contributed by atoms with Gasteiger partial charge in [-0.1, -0.05) is 5.92 Å². The maximum Gasteiger partial charge on any atom is 0.404 e. The molecule has 2 aromatic rings. The fourth-order valence-electron chi connectivity index (χ4n) is 1.66. The predicted octanol–water partition coefficient (Wildman–Crippen LogP) is 1.28. The van der Waals surface area contributed by atoms with Gasteiger partial charge < -0.3 is 15.4 Å². The van der Waals surface area contributed by atoms with E-state index in [2.05, 4.69) is 16.2 Å². The molecule has 0 aliphatic rings. The fraction of sp³-hybridized carbons (Fsp3) is 0.0769. The van der Waals surface area contributed by atoms with E-state index in [-0.39, 0.29) is 12.0 Å². The molecule has 5 nitrogen and oxygen atoms in total. The molecule has 5 heteroatoms. The molecular formula is C13H10N2O3. The molecule has 1 amide bonds. The van der Waals surface area contributed by atoms with Crippen LogP contribution in [0.5, 0.6) is 0 Å². The Labute approximate surface area is 102 Å². The van der Waals surface area contributed by atoms with Crippen molar-refractivity contribution in [3.8, 4) is 12.3 Å². The second kappa shape index (κ2) is 4.63. The zero-order valence-electron chi connectivity index (χ0n) is 9.36. The number of nitrogens with one attached hydrogen (secondary N) is 2. The molecule has 0 aliphatic carbocycles. The molecule has 3 N–H and O–H groups in total. The van der Waals surface area contributed by atoms with Gasteiger partial charge in [-0.3, -0.25) is 4.79 Å². The lowest BCUT2D eigenvalue weighted by Gasteiger charge is -2.04. The van der Waals surface area contributed by atoms with E-state index in [1.54, 1.807) is 18.2 Å². The summed E-state index contributed by atoms with van der Waals surface area (Å²) in [5.41, 5.74) is 1.57. The van der Waals surface area contributed by atoms with Gasteiger partial charge in [0.15, 0.2) is 5.43 Å². The highest BCUT2D eigenvalue weighted by Crippen LogP contribution is 2.10. The van der Waals surface area contributed by atoms with Gasteiger partial charge in [0, 0.05) is 28.2 Å². The van der Waals surface area contributed by atoms with Gasteiger partial charge in [-0.05, 0) is 18.2 Å². The number of hydrogen-bond donors (Lipinski definition) is 3. The largest absolute Gasteiger partial charge is 0.465 e. The van der Waals surface area contributed by atoms with Crippen LogP contribution in [0.2, 0.25) is 0 Å². The molecule has 90 valence electrons. The summed E-state index contributed by atoms with van der Waals surface area (Å²) in [5.74, 6) is 2.46. The highest BCUT2D eigenvalue weighted by molar-refractivity contribution is 5.80. The number of pyridine rings is 1. The molecule has 1 aromatic carbocycles. The summed E-state index contributed by atoms with van der Waals surface area (Å²) >= 11 is 0. The Morgan fingerprint density at radius 3 is 2.89 bits per heavy atom. The molecule has 0 aliphatic heterocycles. The van der Waals surface area contributed by atoms with Crippen molar-refractivity contribution in [2.45, 2.75) is 6.54 Å². The van der Waals surface area contributed by atoms with E-state index in [1.165, 1.54) is 6.07 Å². The smallest absolute Gasteiger partial charge is 0.404 e. The van der Waals surface area contributed by atoms with Crippen LogP contribution in [0.3, 0.4) is 0 Å². The van der Waals surface area contributed by atoms with Crippen LogP contribution in [0.1, 0.15) is 11.3 Å². The number of amides is 1. The first-order chi connectivity index (χ1) is 8.60. The molecule has 0 bridgehead atoms. The lowest BCUT2D eigenvalue weighted by molar-refractivity contribution is 0.194. The van der Waals surface area contributed by atoms with Crippen LogP contribution in [-0.2, 0) is 6.54 Å². The quantitative estimate of drug-likeness (QED) is 0.694. The first-order valence-electron chi connectivity index (χ1n) is 5.19. The molecule has 1 heterocycles. The van der Waals surface area contributed by atoms with Crippen molar-refractivity contribution < 1.29 is 9.90 Å². The van der Waals surface area contributed by atoms with Crippen molar-refractivity contribution in [1.82, 2.24) is 10.3 Å². The van der Waals surface area contributed by atoms with Crippen LogP contribution >= 0.6 is 0 Å². The SMILES string of the molecule is C#Cc1ccc2[nH]c(CNC(=O)O)cc(=O)c2c1. The minimum absolute atomic E-state index is 0.0530. The second-order valence-corrected chi connectivity index (χ2v) is 3.72. The van der Waals surface area contributed by atoms with E-state index < -0.39 is 6.09 Å². The average molecular weight is 242 g/mol. The Morgan fingerprint density at radius 1 is 1.44 bits per heavy atom. The Morgan fingerprint density at radius 2 is 2.22 bits per heavy atom. The number of aromatic amines is 1. The zero-order valence-corrected chi connectivity index (χ0v) is 9.36. The number of terminal acetylenes is 1. The van der Waals surface area contributed by atoms with Gasteiger partial charge >= 0.3 is 6.09 Å². The van der Waals surface area contributed by atoms with E-state index in [0.29, 0.717) is 22.2 Å². The van der Waals surface area contributed by atoms with Crippen molar-refractivity contribution in [2.75, 3.05) is 0 Å². The summed E-state index contributed by atoms with van der Waals surface area (Å²) in [4.78, 5) is 25.2. The van der Waals surface area contributed by atoms with Gasteiger partial charge in [0.2, 0.25) is 0 Å². The first-order valence-corrected chi connectivity index (χ1v) is 5.19. The molecule has 0 saturated heterocycles. The summed E-state index contributed by atoms with van der Waals surface area (Å²) < 4.78 is 0. The third-order valence-corrected chi connectivity index (χ3v) is 2.48. The summed E-state index contributed by atoms with van der Waals surface area (Å²) in [6.45, 7) is 0.0530. The Bertz CT molecular complexity index is 710. The molecule has 0 spiro atoms. The highest BCUT2D eigenvalue weighted by Gasteiger charge is 2.04. The van der Waals surface area contributed by atoms with E-state index >= 15 is 0 Å². The molecular weight excluding hydrogens is 232 g/mol. The molecule has 0 fully saturated rings. The second-order valence-electron chi connectivity index (χ2n) is 3.72. The Balaban J connectivity index is 2.47. The molecule has 18 heavy (non-hydrogen) atoms. The number of carbonyl (C=O) groups is 1. The van der Waals surface area contributed by atoms with Crippen LogP contribution in [0.4, 0.5) is 4.79 Å². The molecule has 0 atom stereocenters. The normalized spacial score (nSPS) is 9.94. The van der Waals surface area contributed by atoms with Crippen molar-refractivity contribution in [3.05, 3.63) is 45.7 Å². The molecule has 0 radical (unpaired) electrons. The monoisotopic (exact) mass is 242 g/mol. The van der Waals surface area contributed by atoms with Gasteiger partial charge in [-0.2, -0.15) is 0 Å². The first kappa shape index (κ1) is 11.7. The van der Waals surface area contributed by atoms with E-state index in [1.807, 2.05) is 0 Å². The number of benzene rings is 1. The Hall–Kier alpha value is -2.74. The van der Waals surface area contributed by atoms with Crippen LogP contribution < -0.4 is 10.7 Å². The van der Waals surface area contributed by atoms with Crippen LogP contribution in [0.15, 0.2) is 29.1 Å². The lowest BCUT2D eigenvalue weighted by atomic mass is 10.1. The number of aromatic nitrogens is 1. The van der Waals surface area contributed by atoms with Gasteiger partial charge in [0.25, 0.3) is 0 Å². The van der Waals surface area contributed by atoms with Crippen molar-refractivity contribution >= 4 is 17.0 Å². The minimum Gasteiger partial charge on any atom is -0.465 e. The molecule has 0 saturated carbocycles. The van der Waals surface area contributed by atoms with Gasteiger partial charge in [-0.25, -0.2) is 4.79 Å².